The zero-order valence-electron chi connectivity index (χ0n) is 15.9. The number of hydrogen-bond acceptors (Lipinski definition) is 5. The number of para-hydroxylation sites is 1. The van der Waals surface area contributed by atoms with Crippen molar-refractivity contribution in [2.45, 2.75) is 6.54 Å². The van der Waals surface area contributed by atoms with Crippen LogP contribution in [0.3, 0.4) is 0 Å². The van der Waals surface area contributed by atoms with Gasteiger partial charge in [-0.15, -0.1) is 11.3 Å². The van der Waals surface area contributed by atoms with Crippen LogP contribution in [-0.4, -0.2) is 56.7 Å². The molecule has 2 aromatic carbocycles. The van der Waals surface area contributed by atoms with Gasteiger partial charge in [-0.25, -0.2) is 14.6 Å². The minimum Gasteiger partial charge on any atom is -0.327 e. The molecule has 3 heterocycles. The predicted molar refractivity (Wildman–Crippen MR) is 111 cm³/mol. The molecule has 29 heavy (non-hydrogen) atoms. The van der Waals surface area contributed by atoms with E-state index in [1.54, 1.807) is 22.3 Å². The molecule has 1 N–H and O–H groups in total. The minimum absolute atomic E-state index is 0.0918. The van der Waals surface area contributed by atoms with E-state index in [2.05, 4.69) is 28.3 Å². The molecule has 4 aromatic rings. The lowest BCUT2D eigenvalue weighted by Crippen LogP contribution is -3.13. The van der Waals surface area contributed by atoms with Crippen LogP contribution in [0.15, 0.2) is 61.2 Å². The fourth-order valence-corrected chi connectivity index (χ4v) is 4.73. The lowest BCUT2D eigenvalue weighted by molar-refractivity contribution is -0.917. The summed E-state index contributed by atoms with van der Waals surface area (Å²) < 4.78 is 2.92. The van der Waals surface area contributed by atoms with Crippen molar-refractivity contribution < 1.29 is 9.69 Å². The third kappa shape index (κ3) is 3.76. The van der Waals surface area contributed by atoms with Gasteiger partial charge < -0.3 is 9.80 Å². The summed E-state index contributed by atoms with van der Waals surface area (Å²) in [5.41, 5.74) is 2.68. The molecule has 2 aromatic heterocycles. The van der Waals surface area contributed by atoms with Gasteiger partial charge in [0.1, 0.15) is 24.2 Å². The first-order chi connectivity index (χ1) is 14.3. The SMILES string of the molecule is O=C(c1ccc(-n2cncn2)cc1)N1CC[NH+](Cc2nc3ccccc3s2)CC1. The van der Waals surface area contributed by atoms with Gasteiger partial charge in [0.2, 0.25) is 0 Å². The monoisotopic (exact) mass is 405 g/mol. The standard InChI is InChI=1S/C21H20N6OS/c28-21(16-5-7-17(8-6-16)27-15-22-14-23-27)26-11-9-25(10-12-26)13-20-24-18-3-1-2-4-19(18)29-20/h1-8,14-15H,9-13H2/p+1. The molecule has 8 heteroatoms. The number of thiazole rings is 1. The number of rotatable bonds is 4. The average Bonchev–Trinajstić information content (AvgIpc) is 3.43. The van der Waals surface area contributed by atoms with E-state index in [9.17, 15) is 4.79 Å². The number of quaternary nitrogens is 1. The maximum absolute atomic E-state index is 12.9. The summed E-state index contributed by atoms with van der Waals surface area (Å²) in [4.78, 5) is 25.0. The number of carbonyl (C=O) groups is 1. The molecule has 0 aliphatic carbocycles. The van der Waals surface area contributed by atoms with Gasteiger partial charge in [-0.05, 0) is 36.4 Å². The lowest BCUT2D eigenvalue weighted by Gasteiger charge is -2.31. The summed E-state index contributed by atoms with van der Waals surface area (Å²) in [6.07, 6.45) is 3.14. The molecule has 0 spiro atoms. The van der Waals surface area contributed by atoms with Crippen LogP contribution in [0.4, 0.5) is 0 Å². The van der Waals surface area contributed by atoms with E-state index in [-0.39, 0.29) is 5.91 Å². The third-order valence-electron chi connectivity index (χ3n) is 5.29. The van der Waals surface area contributed by atoms with Gasteiger partial charge in [0.25, 0.3) is 5.91 Å². The Morgan fingerprint density at radius 3 is 2.59 bits per heavy atom. The summed E-state index contributed by atoms with van der Waals surface area (Å²) in [5, 5.41) is 5.28. The smallest absolute Gasteiger partial charge is 0.254 e. The van der Waals surface area contributed by atoms with Crippen LogP contribution in [0.5, 0.6) is 0 Å². The fourth-order valence-electron chi connectivity index (χ4n) is 3.69. The topological polar surface area (TPSA) is 68.3 Å². The molecule has 0 atom stereocenters. The second kappa shape index (κ2) is 7.73. The Hall–Kier alpha value is -3.10. The average molecular weight is 406 g/mol. The van der Waals surface area contributed by atoms with Gasteiger partial charge in [-0.1, -0.05) is 12.1 Å². The normalized spacial score (nSPS) is 15.1. The number of nitrogens with one attached hydrogen (secondary N) is 1. The minimum atomic E-state index is 0.0918. The zero-order valence-corrected chi connectivity index (χ0v) is 16.7. The molecule has 0 saturated carbocycles. The molecule has 0 radical (unpaired) electrons. The van der Waals surface area contributed by atoms with Crippen molar-refractivity contribution in [3.05, 3.63) is 71.8 Å². The van der Waals surface area contributed by atoms with Crippen LogP contribution >= 0.6 is 11.3 Å². The molecule has 146 valence electrons. The number of aromatic nitrogens is 4. The van der Waals surface area contributed by atoms with Crippen LogP contribution in [0, 0.1) is 0 Å². The Bertz CT molecular complexity index is 1080. The third-order valence-corrected chi connectivity index (χ3v) is 6.33. The van der Waals surface area contributed by atoms with Crippen LogP contribution in [0.25, 0.3) is 15.9 Å². The van der Waals surface area contributed by atoms with Crippen molar-refractivity contribution in [1.29, 1.82) is 0 Å². The van der Waals surface area contributed by atoms with E-state index in [4.69, 9.17) is 4.98 Å². The first kappa shape index (κ1) is 18.0. The summed E-state index contributed by atoms with van der Waals surface area (Å²) in [7, 11) is 0. The van der Waals surface area contributed by atoms with Crippen molar-refractivity contribution in [3.63, 3.8) is 0 Å². The second-order valence-corrected chi connectivity index (χ2v) is 8.30. The fraction of sp³-hybridized carbons (Fsp3) is 0.238. The number of amides is 1. The van der Waals surface area contributed by atoms with Crippen LogP contribution in [-0.2, 0) is 6.54 Å². The number of hydrogen-bond donors (Lipinski definition) is 1. The second-order valence-electron chi connectivity index (χ2n) is 7.18. The number of piperazine rings is 1. The maximum Gasteiger partial charge on any atom is 0.254 e. The number of fused-ring (bicyclic) bond motifs is 1. The molecule has 0 unspecified atom stereocenters. The predicted octanol–water partition coefficient (Wildman–Crippen LogP) is 1.42. The molecule has 1 amide bonds. The zero-order chi connectivity index (χ0) is 19.6. The number of nitrogens with zero attached hydrogens (tertiary/aromatic N) is 5. The van der Waals surface area contributed by atoms with E-state index in [1.165, 1.54) is 20.9 Å². The van der Waals surface area contributed by atoms with E-state index in [1.807, 2.05) is 35.2 Å². The van der Waals surface area contributed by atoms with Gasteiger partial charge in [0, 0.05) is 5.56 Å². The first-order valence-electron chi connectivity index (χ1n) is 9.68. The lowest BCUT2D eigenvalue weighted by atomic mass is 10.1. The highest BCUT2D eigenvalue weighted by atomic mass is 32.1. The van der Waals surface area contributed by atoms with Crippen LogP contribution < -0.4 is 4.90 Å². The van der Waals surface area contributed by atoms with E-state index in [0.29, 0.717) is 5.56 Å². The van der Waals surface area contributed by atoms with Crippen molar-refractivity contribution >= 4 is 27.5 Å². The molecular weight excluding hydrogens is 384 g/mol. The molecular formula is C21H21N6OS+. The van der Waals surface area contributed by atoms with E-state index in [0.717, 1.165) is 43.9 Å². The highest BCUT2D eigenvalue weighted by Crippen LogP contribution is 2.20. The largest absolute Gasteiger partial charge is 0.327 e. The molecule has 1 aliphatic rings. The van der Waals surface area contributed by atoms with Crippen LogP contribution in [0.2, 0.25) is 0 Å². The molecule has 7 nitrogen and oxygen atoms in total. The van der Waals surface area contributed by atoms with Crippen molar-refractivity contribution in [2.24, 2.45) is 0 Å². The molecule has 1 aliphatic heterocycles. The summed E-state index contributed by atoms with van der Waals surface area (Å²) in [6, 6.07) is 15.8. The van der Waals surface area contributed by atoms with Crippen LogP contribution in [0.1, 0.15) is 15.4 Å². The van der Waals surface area contributed by atoms with Gasteiger partial charge >= 0.3 is 0 Å². The summed E-state index contributed by atoms with van der Waals surface area (Å²) in [6.45, 7) is 4.35. The Balaban J connectivity index is 1.19. The Morgan fingerprint density at radius 1 is 1.07 bits per heavy atom. The van der Waals surface area contributed by atoms with E-state index >= 15 is 0 Å². The highest BCUT2D eigenvalue weighted by molar-refractivity contribution is 7.18. The quantitative estimate of drug-likeness (QED) is 0.558. The maximum atomic E-state index is 12.9. The van der Waals surface area contributed by atoms with Crippen molar-refractivity contribution in [3.8, 4) is 5.69 Å². The van der Waals surface area contributed by atoms with E-state index < -0.39 is 0 Å². The molecule has 1 saturated heterocycles. The molecule has 1 fully saturated rings. The van der Waals surface area contributed by atoms with Gasteiger partial charge in [-0.3, -0.25) is 4.79 Å². The Kier molecular flexibility index (Phi) is 4.79. The Morgan fingerprint density at radius 2 is 1.86 bits per heavy atom. The van der Waals surface area contributed by atoms with Gasteiger partial charge in [-0.2, -0.15) is 5.10 Å². The Labute approximate surface area is 172 Å². The molecule has 0 bridgehead atoms. The van der Waals surface area contributed by atoms with Crippen molar-refractivity contribution in [1.82, 2.24) is 24.6 Å². The highest BCUT2D eigenvalue weighted by Gasteiger charge is 2.25. The van der Waals surface area contributed by atoms with Gasteiger partial charge in [0.05, 0.1) is 42.1 Å². The summed E-state index contributed by atoms with van der Waals surface area (Å²) >= 11 is 1.77. The van der Waals surface area contributed by atoms with Crippen molar-refractivity contribution in [2.75, 3.05) is 26.2 Å². The summed E-state index contributed by atoms with van der Waals surface area (Å²) in [5.74, 6) is 0.0918. The molecule has 5 rings (SSSR count). The first-order valence-corrected chi connectivity index (χ1v) is 10.5. The number of carbonyl (C=O) groups excluding carboxylic acids is 1. The van der Waals surface area contributed by atoms with Gasteiger partial charge in [0.15, 0.2) is 0 Å². The number of benzene rings is 2.